The molecule has 1 saturated heterocycles. The van der Waals surface area contributed by atoms with Crippen LogP contribution in [0.4, 0.5) is 5.88 Å². The van der Waals surface area contributed by atoms with Crippen molar-refractivity contribution in [2.45, 2.75) is 25.7 Å². The molecule has 190 valence electrons. The molecule has 1 aromatic carbocycles. The number of hydrogen-bond donors (Lipinski definition) is 1. The van der Waals surface area contributed by atoms with Crippen LogP contribution in [0.2, 0.25) is 0 Å². The Bertz CT molecular complexity index is 972. The van der Waals surface area contributed by atoms with Crippen molar-refractivity contribution in [3.05, 3.63) is 60.1 Å². The van der Waals surface area contributed by atoms with E-state index in [1.165, 1.54) is 0 Å². The van der Waals surface area contributed by atoms with Crippen molar-refractivity contribution in [3.8, 4) is 11.3 Å². The number of ether oxygens (including phenoxy) is 3. The standard InChI is InChI=1S/C26H35N3O6/c1-31-13-6-10-28(17-22(30)19-33-20-23-9-5-14-34-23)18-24-25(21-7-3-2-4-8-21)27-35-26(24)29-11-15-32-16-12-29/h2-5,7-9,14,22,30H,6,10-13,15-20H2,1H3/t22-/m1/s1. The number of aliphatic hydroxyl groups is 1. The molecule has 0 bridgehead atoms. The van der Waals surface area contributed by atoms with Crippen molar-refractivity contribution >= 4 is 5.88 Å². The Hall–Kier alpha value is -2.69. The van der Waals surface area contributed by atoms with Crippen LogP contribution in [0.3, 0.4) is 0 Å². The maximum atomic E-state index is 10.7. The summed E-state index contributed by atoms with van der Waals surface area (Å²) in [4.78, 5) is 4.40. The van der Waals surface area contributed by atoms with Gasteiger partial charge in [0, 0.05) is 52.0 Å². The summed E-state index contributed by atoms with van der Waals surface area (Å²) in [6.07, 6.45) is 1.80. The van der Waals surface area contributed by atoms with E-state index >= 15 is 0 Å². The summed E-state index contributed by atoms with van der Waals surface area (Å²) >= 11 is 0. The highest BCUT2D eigenvalue weighted by Gasteiger charge is 2.26. The van der Waals surface area contributed by atoms with Gasteiger partial charge in [-0.3, -0.25) is 4.90 Å². The van der Waals surface area contributed by atoms with Gasteiger partial charge < -0.3 is 33.2 Å². The summed E-state index contributed by atoms with van der Waals surface area (Å²) in [5.41, 5.74) is 2.84. The van der Waals surface area contributed by atoms with Crippen LogP contribution in [0.1, 0.15) is 17.7 Å². The van der Waals surface area contributed by atoms with Crippen molar-refractivity contribution in [3.63, 3.8) is 0 Å². The number of nitrogens with zero attached hydrogens (tertiary/aromatic N) is 3. The van der Waals surface area contributed by atoms with Crippen LogP contribution >= 0.6 is 0 Å². The molecular formula is C26H35N3O6. The maximum Gasteiger partial charge on any atom is 0.232 e. The van der Waals surface area contributed by atoms with Crippen molar-refractivity contribution < 1.29 is 28.3 Å². The fraction of sp³-hybridized carbons (Fsp3) is 0.500. The van der Waals surface area contributed by atoms with E-state index in [9.17, 15) is 5.11 Å². The molecule has 0 spiro atoms. The first kappa shape index (κ1) is 25.4. The molecule has 35 heavy (non-hydrogen) atoms. The van der Waals surface area contributed by atoms with Gasteiger partial charge in [0.15, 0.2) is 0 Å². The Labute approximate surface area is 206 Å². The van der Waals surface area contributed by atoms with Crippen molar-refractivity contribution in [1.82, 2.24) is 10.1 Å². The molecule has 0 unspecified atom stereocenters. The van der Waals surface area contributed by atoms with E-state index < -0.39 is 6.10 Å². The maximum absolute atomic E-state index is 10.7. The number of aromatic nitrogens is 1. The number of anilines is 1. The summed E-state index contributed by atoms with van der Waals surface area (Å²) < 4.78 is 27.7. The zero-order valence-electron chi connectivity index (χ0n) is 20.3. The molecule has 1 aliphatic heterocycles. The molecule has 0 amide bonds. The normalized spacial score (nSPS) is 15.1. The average molecular weight is 486 g/mol. The lowest BCUT2D eigenvalue weighted by atomic mass is 10.1. The second-order valence-corrected chi connectivity index (χ2v) is 8.61. The molecule has 9 nitrogen and oxygen atoms in total. The SMILES string of the molecule is COCCCN(Cc1c(-c2ccccc2)noc1N1CCOCC1)C[C@@H](O)COCc1ccco1. The Morgan fingerprint density at radius 1 is 1.14 bits per heavy atom. The molecule has 1 aliphatic rings. The number of furan rings is 1. The molecule has 0 radical (unpaired) electrons. The minimum absolute atomic E-state index is 0.215. The first-order valence-corrected chi connectivity index (χ1v) is 12.1. The molecule has 9 heteroatoms. The highest BCUT2D eigenvalue weighted by atomic mass is 16.5. The van der Waals surface area contributed by atoms with Crippen molar-refractivity contribution in [2.75, 3.05) is 64.6 Å². The van der Waals surface area contributed by atoms with E-state index in [0.717, 1.165) is 54.5 Å². The number of rotatable bonds is 14. The fourth-order valence-electron chi connectivity index (χ4n) is 4.21. The third-order valence-corrected chi connectivity index (χ3v) is 5.92. The lowest BCUT2D eigenvalue weighted by Gasteiger charge is -2.29. The van der Waals surface area contributed by atoms with Gasteiger partial charge in [0.2, 0.25) is 5.88 Å². The van der Waals surface area contributed by atoms with Gasteiger partial charge in [-0.1, -0.05) is 35.5 Å². The van der Waals surface area contributed by atoms with Crippen molar-refractivity contribution in [1.29, 1.82) is 0 Å². The Morgan fingerprint density at radius 3 is 2.71 bits per heavy atom. The Balaban J connectivity index is 1.49. The van der Waals surface area contributed by atoms with E-state index in [1.54, 1.807) is 13.4 Å². The number of methoxy groups -OCH3 is 1. The molecule has 0 aliphatic carbocycles. The van der Waals surface area contributed by atoms with E-state index in [0.29, 0.717) is 39.5 Å². The van der Waals surface area contributed by atoms with Crippen LogP contribution in [-0.2, 0) is 27.4 Å². The molecule has 2 aromatic heterocycles. The lowest BCUT2D eigenvalue weighted by molar-refractivity contribution is 0.00282. The number of hydrogen-bond acceptors (Lipinski definition) is 9. The molecule has 1 fully saturated rings. The van der Waals surface area contributed by atoms with E-state index in [1.807, 2.05) is 42.5 Å². The molecule has 4 rings (SSSR count). The van der Waals surface area contributed by atoms with Crippen LogP contribution in [0, 0.1) is 0 Å². The third-order valence-electron chi connectivity index (χ3n) is 5.92. The molecule has 0 saturated carbocycles. The van der Waals surface area contributed by atoms with E-state index in [-0.39, 0.29) is 6.61 Å². The summed E-state index contributed by atoms with van der Waals surface area (Å²) in [7, 11) is 1.70. The van der Waals surface area contributed by atoms with Crippen LogP contribution < -0.4 is 4.90 Å². The van der Waals surface area contributed by atoms with Crippen LogP contribution in [0.25, 0.3) is 11.3 Å². The van der Waals surface area contributed by atoms with Gasteiger partial charge in [0.1, 0.15) is 18.1 Å². The van der Waals surface area contributed by atoms with Gasteiger partial charge >= 0.3 is 0 Å². The van der Waals surface area contributed by atoms with Crippen LogP contribution in [0.15, 0.2) is 57.7 Å². The highest BCUT2D eigenvalue weighted by molar-refractivity contribution is 5.68. The zero-order valence-corrected chi connectivity index (χ0v) is 20.3. The lowest BCUT2D eigenvalue weighted by Crippen LogP contribution is -2.38. The summed E-state index contributed by atoms with van der Waals surface area (Å²) in [5, 5.41) is 15.2. The number of benzene rings is 1. The molecule has 1 N–H and O–H groups in total. The quantitative estimate of drug-likeness (QED) is 0.346. The summed E-state index contributed by atoms with van der Waals surface area (Å²) in [6.45, 7) is 5.80. The fourth-order valence-corrected chi connectivity index (χ4v) is 4.21. The Kier molecular flexibility index (Phi) is 9.74. The van der Waals surface area contributed by atoms with Gasteiger partial charge in [-0.15, -0.1) is 0 Å². The first-order chi connectivity index (χ1) is 17.2. The monoisotopic (exact) mass is 485 g/mol. The minimum Gasteiger partial charge on any atom is -0.467 e. The van der Waals surface area contributed by atoms with E-state index in [4.69, 9.17) is 23.2 Å². The molecule has 3 aromatic rings. The highest BCUT2D eigenvalue weighted by Crippen LogP contribution is 2.33. The number of aliphatic hydroxyl groups excluding tert-OH is 1. The first-order valence-electron chi connectivity index (χ1n) is 12.1. The average Bonchev–Trinajstić information content (AvgIpc) is 3.55. The van der Waals surface area contributed by atoms with Gasteiger partial charge in [0.05, 0.1) is 37.8 Å². The predicted molar refractivity (Wildman–Crippen MR) is 131 cm³/mol. The Morgan fingerprint density at radius 2 is 1.97 bits per heavy atom. The summed E-state index contributed by atoms with van der Waals surface area (Å²) in [5.74, 6) is 1.51. The van der Waals surface area contributed by atoms with Gasteiger partial charge in [-0.05, 0) is 18.6 Å². The molecule has 3 heterocycles. The molecular weight excluding hydrogens is 450 g/mol. The van der Waals surface area contributed by atoms with Gasteiger partial charge in [-0.2, -0.15) is 0 Å². The second kappa shape index (κ2) is 13.4. The third kappa shape index (κ3) is 7.39. The smallest absolute Gasteiger partial charge is 0.232 e. The van der Waals surface area contributed by atoms with Crippen molar-refractivity contribution in [2.24, 2.45) is 0 Å². The predicted octanol–water partition coefficient (Wildman–Crippen LogP) is 3.19. The molecule has 1 atom stereocenters. The van der Waals surface area contributed by atoms with Gasteiger partial charge in [-0.25, -0.2) is 0 Å². The topological polar surface area (TPSA) is 93.6 Å². The number of morpholine rings is 1. The van der Waals surface area contributed by atoms with Crippen LogP contribution in [-0.4, -0.2) is 81.0 Å². The van der Waals surface area contributed by atoms with E-state index in [2.05, 4.69) is 15.0 Å². The largest absolute Gasteiger partial charge is 0.467 e. The van der Waals surface area contributed by atoms with Gasteiger partial charge in [0.25, 0.3) is 0 Å². The zero-order chi connectivity index (χ0) is 24.3. The van der Waals surface area contributed by atoms with Crippen LogP contribution in [0.5, 0.6) is 0 Å². The summed E-state index contributed by atoms with van der Waals surface area (Å²) in [6, 6.07) is 13.7. The second-order valence-electron chi connectivity index (χ2n) is 8.61. The minimum atomic E-state index is -0.653.